The zero-order chi connectivity index (χ0) is 22.6. The van der Waals surface area contributed by atoms with E-state index in [1.165, 1.54) is 11.1 Å². The molecule has 0 aliphatic heterocycles. The number of rotatable bonds is 8. The van der Waals surface area contributed by atoms with Crippen LogP contribution >= 0.6 is 0 Å². The molecule has 6 nitrogen and oxygen atoms in total. The van der Waals surface area contributed by atoms with Gasteiger partial charge in [0.2, 0.25) is 0 Å². The van der Waals surface area contributed by atoms with Crippen LogP contribution in [-0.2, 0) is 16.9 Å². The lowest BCUT2D eigenvalue weighted by atomic mass is 9.99. The molecule has 4 aromatic rings. The maximum atomic E-state index is 11.0. The molecule has 0 aliphatic carbocycles. The smallest absolute Gasteiger partial charge is 0.305 e. The lowest BCUT2D eigenvalue weighted by molar-refractivity contribution is -0.138. The zero-order valence-electron chi connectivity index (χ0n) is 17.8. The number of nitrogens with one attached hydrogen (secondary N) is 1. The number of aromatic amines is 1. The molecule has 162 valence electrons. The van der Waals surface area contributed by atoms with Gasteiger partial charge in [0.1, 0.15) is 18.2 Å². The van der Waals surface area contributed by atoms with Gasteiger partial charge in [-0.2, -0.15) is 0 Å². The summed E-state index contributed by atoms with van der Waals surface area (Å²) >= 11 is 0. The van der Waals surface area contributed by atoms with Crippen molar-refractivity contribution in [1.82, 2.24) is 9.97 Å². The minimum atomic E-state index is -1.07. The highest BCUT2D eigenvalue weighted by Crippen LogP contribution is 2.25. The van der Waals surface area contributed by atoms with E-state index in [2.05, 4.69) is 46.4 Å². The highest BCUT2D eigenvalue weighted by Gasteiger charge is 2.28. The molecule has 6 heteroatoms. The molecule has 0 spiro atoms. The number of nitrogens with two attached hydrogens (primary N) is 1. The Bertz CT molecular complexity index is 1180. The van der Waals surface area contributed by atoms with E-state index in [9.17, 15) is 4.79 Å². The summed E-state index contributed by atoms with van der Waals surface area (Å²) in [5, 5.41) is 9.03. The van der Waals surface area contributed by atoms with E-state index < -0.39 is 11.5 Å². The standard InChI is InChI=1S/C26H25N3O3/c1-26(27,15-24(30)31)25-28-16-23(29-25)21-11-13-22(14-12-21)32-17-18-7-9-20(10-8-18)19-5-3-2-4-6-19/h2-14,16H,15,17,27H2,1H3,(H,28,29)(H,30,31)/t26-/m0/s1. The fourth-order valence-corrected chi connectivity index (χ4v) is 3.48. The SMILES string of the molecule is C[C@](N)(CC(=O)O)c1ncc(-c2ccc(OCc3ccc(-c4ccccc4)cc3)cc2)[nH]1. The number of carbonyl (C=O) groups is 1. The molecule has 1 aromatic heterocycles. The van der Waals surface area contributed by atoms with Gasteiger partial charge in [0.05, 0.1) is 23.9 Å². The van der Waals surface area contributed by atoms with Crippen LogP contribution in [0.3, 0.4) is 0 Å². The molecule has 0 unspecified atom stereocenters. The van der Waals surface area contributed by atoms with Gasteiger partial charge in [-0.1, -0.05) is 54.6 Å². The minimum absolute atomic E-state index is 0.209. The zero-order valence-corrected chi connectivity index (χ0v) is 17.8. The van der Waals surface area contributed by atoms with Crippen molar-refractivity contribution in [3.05, 3.63) is 96.4 Å². The quantitative estimate of drug-likeness (QED) is 0.368. The van der Waals surface area contributed by atoms with Crippen molar-refractivity contribution in [2.75, 3.05) is 0 Å². The van der Waals surface area contributed by atoms with Gasteiger partial charge in [-0.3, -0.25) is 4.79 Å². The molecule has 32 heavy (non-hydrogen) atoms. The third-order valence-electron chi connectivity index (χ3n) is 5.27. The number of ether oxygens (including phenoxy) is 1. The normalized spacial score (nSPS) is 12.8. The molecule has 0 fully saturated rings. The fraction of sp³-hybridized carbons (Fsp3) is 0.154. The van der Waals surface area contributed by atoms with Crippen LogP contribution < -0.4 is 10.5 Å². The number of hydrogen-bond donors (Lipinski definition) is 3. The van der Waals surface area contributed by atoms with Crippen LogP contribution in [0.25, 0.3) is 22.4 Å². The summed E-state index contributed by atoms with van der Waals surface area (Å²) in [4.78, 5) is 18.4. The average molecular weight is 428 g/mol. The summed E-state index contributed by atoms with van der Waals surface area (Å²) in [5.41, 5.74) is 10.2. The van der Waals surface area contributed by atoms with Crippen LogP contribution in [0.4, 0.5) is 0 Å². The van der Waals surface area contributed by atoms with Crippen LogP contribution in [0, 0.1) is 0 Å². The molecule has 4 rings (SSSR count). The van der Waals surface area contributed by atoms with E-state index in [-0.39, 0.29) is 6.42 Å². The first-order chi connectivity index (χ1) is 15.4. The number of aromatic nitrogens is 2. The second kappa shape index (κ2) is 9.08. The molecule has 0 saturated heterocycles. The van der Waals surface area contributed by atoms with E-state index in [4.69, 9.17) is 15.6 Å². The number of nitrogens with zero attached hydrogens (tertiary/aromatic N) is 1. The Morgan fingerprint density at radius 2 is 1.59 bits per heavy atom. The summed E-state index contributed by atoms with van der Waals surface area (Å²) in [7, 11) is 0. The monoisotopic (exact) mass is 427 g/mol. The first-order valence-electron chi connectivity index (χ1n) is 10.3. The minimum Gasteiger partial charge on any atom is -0.489 e. The Hall–Kier alpha value is -3.90. The maximum Gasteiger partial charge on any atom is 0.305 e. The average Bonchev–Trinajstić information content (AvgIpc) is 3.30. The predicted octanol–water partition coefficient (Wildman–Crippen LogP) is 4.97. The van der Waals surface area contributed by atoms with E-state index in [1.54, 1.807) is 13.1 Å². The molecule has 0 aliphatic rings. The van der Waals surface area contributed by atoms with Gasteiger partial charge in [-0.15, -0.1) is 0 Å². The number of imidazole rings is 1. The van der Waals surface area contributed by atoms with Crippen molar-refractivity contribution < 1.29 is 14.6 Å². The first-order valence-corrected chi connectivity index (χ1v) is 10.3. The topological polar surface area (TPSA) is 101 Å². The van der Waals surface area contributed by atoms with Crippen LogP contribution in [0.15, 0.2) is 85.1 Å². The van der Waals surface area contributed by atoms with Gasteiger partial charge in [-0.05, 0) is 53.4 Å². The van der Waals surface area contributed by atoms with Gasteiger partial charge >= 0.3 is 5.97 Å². The lowest BCUT2D eigenvalue weighted by Crippen LogP contribution is -2.36. The summed E-state index contributed by atoms with van der Waals surface area (Å²) in [6.45, 7) is 2.12. The van der Waals surface area contributed by atoms with Gasteiger partial charge in [0.15, 0.2) is 0 Å². The summed E-state index contributed by atoms with van der Waals surface area (Å²) < 4.78 is 5.92. The van der Waals surface area contributed by atoms with Crippen molar-refractivity contribution in [3.63, 3.8) is 0 Å². The second-order valence-corrected chi connectivity index (χ2v) is 8.01. The Morgan fingerprint density at radius 1 is 0.969 bits per heavy atom. The molecule has 1 atom stereocenters. The van der Waals surface area contributed by atoms with Crippen molar-refractivity contribution in [3.8, 4) is 28.1 Å². The van der Waals surface area contributed by atoms with Gasteiger partial charge in [0.25, 0.3) is 0 Å². The molecular weight excluding hydrogens is 402 g/mol. The first kappa shape index (κ1) is 21.3. The number of carboxylic acids is 1. The number of H-pyrrole nitrogens is 1. The number of carboxylic acid groups (broad SMARTS) is 1. The van der Waals surface area contributed by atoms with Crippen LogP contribution in [0.2, 0.25) is 0 Å². The van der Waals surface area contributed by atoms with E-state index >= 15 is 0 Å². The number of benzene rings is 3. The molecule has 1 heterocycles. The number of aliphatic carboxylic acids is 1. The Kier molecular flexibility index (Phi) is 6.05. The van der Waals surface area contributed by atoms with Crippen molar-refractivity contribution >= 4 is 5.97 Å². The largest absolute Gasteiger partial charge is 0.489 e. The third-order valence-corrected chi connectivity index (χ3v) is 5.27. The van der Waals surface area contributed by atoms with Crippen molar-refractivity contribution in [1.29, 1.82) is 0 Å². The lowest BCUT2D eigenvalue weighted by Gasteiger charge is -2.19. The highest BCUT2D eigenvalue weighted by atomic mass is 16.5. The molecular formula is C26H25N3O3. The third kappa shape index (κ3) is 5.04. The Labute approximate surface area is 186 Å². The van der Waals surface area contributed by atoms with Crippen LogP contribution in [0.5, 0.6) is 5.75 Å². The summed E-state index contributed by atoms with van der Waals surface area (Å²) in [6.07, 6.45) is 1.45. The maximum absolute atomic E-state index is 11.0. The van der Waals surface area contributed by atoms with E-state index in [0.29, 0.717) is 12.4 Å². The summed E-state index contributed by atoms with van der Waals surface area (Å²) in [6, 6.07) is 26.3. The van der Waals surface area contributed by atoms with E-state index in [1.807, 2.05) is 42.5 Å². The van der Waals surface area contributed by atoms with Crippen LogP contribution in [-0.4, -0.2) is 21.0 Å². The van der Waals surface area contributed by atoms with Crippen molar-refractivity contribution in [2.24, 2.45) is 5.73 Å². The Balaban J connectivity index is 1.38. The fourth-order valence-electron chi connectivity index (χ4n) is 3.48. The molecule has 3 aromatic carbocycles. The molecule has 0 amide bonds. The molecule has 0 radical (unpaired) electrons. The number of hydrogen-bond acceptors (Lipinski definition) is 4. The molecule has 0 bridgehead atoms. The summed E-state index contributed by atoms with van der Waals surface area (Å²) in [5.74, 6) is 0.230. The highest BCUT2D eigenvalue weighted by molar-refractivity contribution is 5.68. The Morgan fingerprint density at radius 3 is 2.25 bits per heavy atom. The molecule has 0 saturated carbocycles. The molecule has 4 N–H and O–H groups in total. The predicted molar refractivity (Wildman–Crippen MR) is 124 cm³/mol. The van der Waals surface area contributed by atoms with Gasteiger partial charge in [-0.25, -0.2) is 4.98 Å². The van der Waals surface area contributed by atoms with Gasteiger partial charge < -0.3 is 20.6 Å². The van der Waals surface area contributed by atoms with Crippen LogP contribution in [0.1, 0.15) is 24.7 Å². The van der Waals surface area contributed by atoms with Gasteiger partial charge in [0, 0.05) is 0 Å². The van der Waals surface area contributed by atoms with Crippen molar-refractivity contribution in [2.45, 2.75) is 25.5 Å². The second-order valence-electron chi connectivity index (χ2n) is 8.01. The van der Waals surface area contributed by atoms with E-state index in [0.717, 1.165) is 22.6 Å².